The number of nitrogens with one attached hydrogen (secondary N) is 2. The van der Waals surface area contributed by atoms with E-state index in [2.05, 4.69) is 15.0 Å². The quantitative estimate of drug-likeness (QED) is 0.437. The first-order valence-corrected chi connectivity index (χ1v) is 17.2. The summed E-state index contributed by atoms with van der Waals surface area (Å²) in [5.41, 5.74) is 0.174. The molecule has 2 N–H and O–H groups in total. The molecule has 0 atom stereocenters. The van der Waals surface area contributed by atoms with Gasteiger partial charge >= 0.3 is 5.91 Å². The van der Waals surface area contributed by atoms with Crippen LogP contribution in [0.2, 0.25) is 10.0 Å². The first kappa shape index (κ1) is 30.3. The van der Waals surface area contributed by atoms with Crippen LogP contribution in [0.25, 0.3) is 11.3 Å². The maximum absolute atomic E-state index is 13.1. The summed E-state index contributed by atoms with van der Waals surface area (Å²) < 4.78 is 57.9. The van der Waals surface area contributed by atoms with Gasteiger partial charge in [0.15, 0.2) is 5.76 Å². The van der Waals surface area contributed by atoms with Crippen LogP contribution in [0.4, 0.5) is 0 Å². The molecule has 2 heterocycles. The fraction of sp³-hybridized carbons (Fsp3) is 0.615. The summed E-state index contributed by atoms with van der Waals surface area (Å²) >= 11 is 13.1. The van der Waals surface area contributed by atoms with Crippen molar-refractivity contribution >= 4 is 49.0 Å². The van der Waals surface area contributed by atoms with E-state index in [1.54, 1.807) is 20.8 Å². The van der Waals surface area contributed by atoms with E-state index in [9.17, 15) is 21.6 Å². The topological polar surface area (TPSA) is 135 Å². The first-order valence-electron chi connectivity index (χ1n) is 13.2. The van der Waals surface area contributed by atoms with Gasteiger partial charge in [0, 0.05) is 17.1 Å². The standard InChI is InChI=1S/C26H35Cl2N3O6S2/c1-26(2,3)31-39(35,36)20-10-9-18(21(27)22(20)28)23-19(15-16-7-5-4-6-8-16)30-25(37-23)24(32)29-17-11-13-38(33,34)14-12-17/h9-10,16-17,31H,4-8,11-15H2,1-3H3,(H,29,32). The van der Waals surface area contributed by atoms with Crippen molar-refractivity contribution in [2.75, 3.05) is 11.5 Å². The molecule has 9 nitrogen and oxygen atoms in total. The van der Waals surface area contributed by atoms with Gasteiger partial charge in [-0.2, -0.15) is 0 Å². The van der Waals surface area contributed by atoms with Crippen LogP contribution in [0.3, 0.4) is 0 Å². The number of carbonyl (C=O) groups is 1. The second-order valence-electron chi connectivity index (χ2n) is 11.5. The normalized spacial score (nSPS) is 19.2. The molecule has 0 spiro atoms. The SMILES string of the molecule is CC(C)(C)NS(=O)(=O)c1ccc(-c2oc(C(=O)NC3CCS(=O)(=O)CC3)nc2CC2CCCCC2)c(Cl)c1Cl. The van der Waals surface area contributed by atoms with Crippen LogP contribution in [-0.2, 0) is 26.3 Å². The molecule has 1 aliphatic carbocycles. The molecular formula is C26H35Cl2N3O6S2. The van der Waals surface area contributed by atoms with Crippen LogP contribution in [-0.4, -0.2) is 50.8 Å². The summed E-state index contributed by atoms with van der Waals surface area (Å²) in [6.07, 6.45) is 6.74. The number of sulfone groups is 1. The van der Waals surface area contributed by atoms with Crippen LogP contribution in [0, 0.1) is 5.92 Å². The summed E-state index contributed by atoms with van der Waals surface area (Å²) in [5.74, 6) is 0.00174. The Balaban J connectivity index is 1.67. The second kappa shape index (κ2) is 11.7. The Morgan fingerprint density at radius 3 is 2.31 bits per heavy atom. The lowest BCUT2D eigenvalue weighted by Crippen LogP contribution is -2.41. The zero-order valence-corrected chi connectivity index (χ0v) is 25.5. The third-order valence-corrected chi connectivity index (χ3v) is 11.5. The van der Waals surface area contributed by atoms with Crippen LogP contribution >= 0.6 is 23.2 Å². The van der Waals surface area contributed by atoms with Gasteiger partial charge in [-0.15, -0.1) is 0 Å². The van der Waals surface area contributed by atoms with Crippen molar-refractivity contribution in [2.45, 2.75) is 88.6 Å². The number of nitrogens with zero attached hydrogens (tertiary/aromatic N) is 1. The minimum Gasteiger partial charge on any atom is -0.432 e. The summed E-state index contributed by atoms with van der Waals surface area (Å²) in [6.45, 7) is 5.16. The molecule has 1 aromatic heterocycles. The fourth-order valence-corrected chi connectivity index (χ4v) is 8.89. The van der Waals surface area contributed by atoms with Crippen LogP contribution in [0.5, 0.6) is 0 Å². The summed E-state index contributed by atoms with van der Waals surface area (Å²) in [7, 11) is -7.02. The molecule has 0 bridgehead atoms. The summed E-state index contributed by atoms with van der Waals surface area (Å²) in [5, 5.41) is 2.67. The fourth-order valence-electron chi connectivity index (χ4n) is 5.12. The number of aromatic nitrogens is 1. The van der Waals surface area contributed by atoms with Gasteiger partial charge < -0.3 is 9.73 Å². The summed E-state index contributed by atoms with van der Waals surface area (Å²) in [4.78, 5) is 17.4. The number of rotatable bonds is 7. The van der Waals surface area contributed by atoms with Gasteiger partial charge in [-0.05, 0) is 58.1 Å². The average Bonchev–Trinajstić information content (AvgIpc) is 3.24. The molecule has 1 aliphatic heterocycles. The predicted octanol–water partition coefficient (Wildman–Crippen LogP) is 5.16. The van der Waals surface area contributed by atoms with Crippen molar-refractivity contribution in [1.29, 1.82) is 0 Å². The third kappa shape index (κ3) is 7.55. The van der Waals surface area contributed by atoms with Crippen LogP contribution < -0.4 is 10.0 Å². The van der Waals surface area contributed by atoms with E-state index in [0.29, 0.717) is 36.4 Å². The molecule has 1 amide bonds. The van der Waals surface area contributed by atoms with Gasteiger partial charge in [0.25, 0.3) is 5.89 Å². The van der Waals surface area contributed by atoms with Crippen molar-refractivity contribution in [2.24, 2.45) is 5.92 Å². The number of amides is 1. The van der Waals surface area contributed by atoms with E-state index in [-0.39, 0.29) is 44.1 Å². The maximum Gasteiger partial charge on any atom is 0.307 e. The Bertz CT molecular complexity index is 1430. The lowest BCUT2D eigenvalue weighted by molar-refractivity contribution is 0.0900. The van der Waals surface area contributed by atoms with Gasteiger partial charge in [-0.1, -0.05) is 55.3 Å². The number of halogens is 2. The first-order chi connectivity index (χ1) is 18.2. The lowest BCUT2D eigenvalue weighted by atomic mass is 9.85. The van der Waals surface area contributed by atoms with E-state index >= 15 is 0 Å². The largest absolute Gasteiger partial charge is 0.432 e. The highest BCUT2D eigenvalue weighted by Crippen LogP contribution is 2.41. The van der Waals surface area contributed by atoms with Gasteiger partial charge in [-0.3, -0.25) is 4.79 Å². The molecule has 2 aromatic rings. The third-order valence-electron chi connectivity index (χ3n) is 7.01. The van der Waals surface area contributed by atoms with E-state index < -0.39 is 31.3 Å². The Morgan fingerprint density at radius 2 is 1.69 bits per heavy atom. The van der Waals surface area contributed by atoms with E-state index in [1.165, 1.54) is 18.6 Å². The monoisotopic (exact) mass is 619 g/mol. The molecule has 216 valence electrons. The van der Waals surface area contributed by atoms with Crippen molar-refractivity contribution < 1.29 is 26.0 Å². The molecule has 1 aromatic carbocycles. The van der Waals surface area contributed by atoms with Crippen molar-refractivity contribution in [3.8, 4) is 11.3 Å². The Kier molecular flexibility index (Phi) is 9.07. The lowest BCUT2D eigenvalue weighted by Gasteiger charge is -2.22. The van der Waals surface area contributed by atoms with Gasteiger partial charge in [0.1, 0.15) is 14.7 Å². The van der Waals surface area contributed by atoms with Gasteiger partial charge in [-0.25, -0.2) is 26.5 Å². The minimum atomic E-state index is -3.96. The zero-order valence-electron chi connectivity index (χ0n) is 22.3. The highest BCUT2D eigenvalue weighted by atomic mass is 35.5. The Hall–Kier alpha value is -1.66. The van der Waals surface area contributed by atoms with E-state index in [4.69, 9.17) is 27.6 Å². The molecule has 13 heteroatoms. The minimum absolute atomic E-state index is 0.0149. The molecule has 2 fully saturated rings. The number of benzene rings is 1. The zero-order chi connectivity index (χ0) is 28.6. The van der Waals surface area contributed by atoms with Crippen molar-refractivity contribution in [1.82, 2.24) is 15.0 Å². The molecule has 39 heavy (non-hydrogen) atoms. The smallest absolute Gasteiger partial charge is 0.307 e. The molecule has 0 radical (unpaired) electrons. The maximum atomic E-state index is 13.1. The van der Waals surface area contributed by atoms with Crippen molar-refractivity contribution in [3.05, 3.63) is 33.8 Å². The Morgan fingerprint density at radius 1 is 1.05 bits per heavy atom. The van der Waals surface area contributed by atoms with E-state index in [1.807, 2.05) is 0 Å². The Labute approximate surface area is 240 Å². The molecule has 1 saturated carbocycles. The van der Waals surface area contributed by atoms with E-state index in [0.717, 1.165) is 25.7 Å². The predicted molar refractivity (Wildman–Crippen MR) is 151 cm³/mol. The van der Waals surface area contributed by atoms with Gasteiger partial charge in [0.2, 0.25) is 10.0 Å². The summed E-state index contributed by atoms with van der Waals surface area (Å²) in [6, 6.07) is 2.59. The molecule has 4 rings (SSSR count). The number of oxazole rings is 1. The number of hydrogen-bond donors (Lipinski definition) is 2. The molecule has 1 saturated heterocycles. The molecule has 0 unspecified atom stereocenters. The van der Waals surface area contributed by atoms with Crippen molar-refractivity contribution in [3.63, 3.8) is 0 Å². The highest BCUT2D eigenvalue weighted by molar-refractivity contribution is 7.91. The van der Waals surface area contributed by atoms with Crippen LogP contribution in [0.1, 0.15) is 82.1 Å². The number of carbonyl (C=O) groups excluding carboxylic acids is 1. The van der Waals surface area contributed by atoms with Gasteiger partial charge in [0.05, 0.1) is 27.2 Å². The highest BCUT2D eigenvalue weighted by Gasteiger charge is 2.31. The number of sulfonamides is 1. The second-order valence-corrected chi connectivity index (χ2v) is 16.2. The molecular weight excluding hydrogens is 585 g/mol. The average molecular weight is 621 g/mol. The molecule has 2 aliphatic rings. The number of hydrogen-bond acceptors (Lipinski definition) is 7. The van der Waals surface area contributed by atoms with Crippen LogP contribution in [0.15, 0.2) is 21.4 Å².